The van der Waals surface area contributed by atoms with Crippen LogP contribution in [0.1, 0.15) is 11.7 Å². The third kappa shape index (κ3) is 2.73. The fourth-order valence-electron chi connectivity index (χ4n) is 2.07. The van der Waals surface area contributed by atoms with Gasteiger partial charge in [0.25, 0.3) is 0 Å². The highest BCUT2D eigenvalue weighted by Gasteiger charge is 2.16. The minimum absolute atomic E-state index is 0.201. The molecule has 0 spiro atoms. The first kappa shape index (κ1) is 13.3. The van der Waals surface area contributed by atoms with Crippen molar-refractivity contribution in [1.29, 1.82) is 0 Å². The Morgan fingerprint density at radius 3 is 2.80 bits per heavy atom. The van der Waals surface area contributed by atoms with Gasteiger partial charge in [0.05, 0.1) is 0 Å². The van der Waals surface area contributed by atoms with Crippen LogP contribution in [0.5, 0.6) is 17.2 Å². The Morgan fingerprint density at radius 2 is 2.00 bits per heavy atom. The number of fused-ring (bicyclic) bond motifs is 1. The summed E-state index contributed by atoms with van der Waals surface area (Å²) in [5, 5.41) is 0. The molecular weight excluding hydrogens is 322 g/mol. The summed E-state index contributed by atoms with van der Waals surface area (Å²) in [6.45, 7) is 0.648. The van der Waals surface area contributed by atoms with Crippen LogP contribution in [-0.4, -0.2) is 13.3 Å². The molecule has 1 unspecified atom stereocenters. The third-order valence-electron chi connectivity index (χ3n) is 3.06. The predicted molar refractivity (Wildman–Crippen MR) is 79.1 cm³/mol. The van der Waals surface area contributed by atoms with Gasteiger partial charge in [-0.3, -0.25) is 0 Å². The Balaban J connectivity index is 1.81. The normalized spacial score (nSPS) is 14.1. The summed E-state index contributed by atoms with van der Waals surface area (Å²) in [6, 6.07) is 13.5. The molecule has 0 saturated carbocycles. The Kier molecular flexibility index (Phi) is 3.80. The van der Waals surface area contributed by atoms with E-state index in [1.165, 1.54) is 0 Å². The molecule has 1 atom stereocenters. The van der Waals surface area contributed by atoms with Crippen LogP contribution in [0.3, 0.4) is 0 Å². The summed E-state index contributed by atoms with van der Waals surface area (Å²) >= 11 is 3.45. The topological polar surface area (TPSA) is 53.7 Å². The zero-order valence-corrected chi connectivity index (χ0v) is 12.3. The van der Waals surface area contributed by atoms with Crippen molar-refractivity contribution in [1.82, 2.24) is 0 Å². The number of ether oxygens (including phenoxy) is 3. The molecule has 20 heavy (non-hydrogen) atoms. The van der Waals surface area contributed by atoms with E-state index in [1.54, 1.807) is 0 Å². The maximum Gasteiger partial charge on any atom is 0.231 e. The lowest BCUT2D eigenvalue weighted by atomic mass is 10.1. The number of hydrogen-bond acceptors (Lipinski definition) is 4. The van der Waals surface area contributed by atoms with Crippen LogP contribution in [0.2, 0.25) is 0 Å². The Bertz CT molecular complexity index is 618. The van der Waals surface area contributed by atoms with Gasteiger partial charge in [0.1, 0.15) is 11.9 Å². The molecule has 0 aliphatic carbocycles. The summed E-state index contributed by atoms with van der Waals surface area (Å²) in [7, 11) is 0. The van der Waals surface area contributed by atoms with Crippen molar-refractivity contribution in [2.24, 2.45) is 5.73 Å². The molecule has 1 heterocycles. The van der Waals surface area contributed by atoms with Crippen molar-refractivity contribution in [2.45, 2.75) is 6.10 Å². The smallest absolute Gasteiger partial charge is 0.231 e. The summed E-state index contributed by atoms with van der Waals surface area (Å²) in [5.74, 6) is 2.15. The van der Waals surface area contributed by atoms with Crippen molar-refractivity contribution < 1.29 is 14.2 Å². The van der Waals surface area contributed by atoms with Crippen LogP contribution in [0.15, 0.2) is 46.9 Å². The van der Waals surface area contributed by atoms with E-state index in [0.717, 1.165) is 15.8 Å². The highest BCUT2D eigenvalue weighted by molar-refractivity contribution is 9.10. The maximum atomic E-state index is 5.95. The SMILES string of the molecule is NCC(Oc1ccc2c(c1)OCO2)c1cccc(Br)c1. The number of nitrogens with two attached hydrogens (primary N) is 1. The van der Waals surface area contributed by atoms with Crippen molar-refractivity contribution in [2.75, 3.05) is 13.3 Å². The highest BCUT2D eigenvalue weighted by atomic mass is 79.9. The van der Waals surface area contributed by atoms with Crippen LogP contribution >= 0.6 is 15.9 Å². The van der Waals surface area contributed by atoms with Crippen LogP contribution in [0.25, 0.3) is 0 Å². The highest BCUT2D eigenvalue weighted by Crippen LogP contribution is 2.36. The van der Waals surface area contributed by atoms with E-state index in [-0.39, 0.29) is 12.9 Å². The second kappa shape index (κ2) is 5.73. The van der Waals surface area contributed by atoms with Crippen LogP contribution in [-0.2, 0) is 0 Å². The second-order valence-electron chi connectivity index (χ2n) is 4.41. The van der Waals surface area contributed by atoms with Gasteiger partial charge in [0.2, 0.25) is 6.79 Å². The molecule has 1 aliphatic rings. The van der Waals surface area contributed by atoms with Crippen molar-refractivity contribution in [3.05, 3.63) is 52.5 Å². The van der Waals surface area contributed by atoms with E-state index in [1.807, 2.05) is 42.5 Å². The van der Waals surface area contributed by atoms with Crippen LogP contribution < -0.4 is 19.9 Å². The van der Waals surface area contributed by atoms with Gasteiger partial charge < -0.3 is 19.9 Å². The van der Waals surface area contributed by atoms with E-state index in [4.69, 9.17) is 19.9 Å². The lowest BCUT2D eigenvalue weighted by Crippen LogP contribution is -2.18. The minimum atomic E-state index is -0.201. The molecule has 2 aromatic rings. The lowest BCUT2D eigenvalue weighted by molar-refractivity contribution is 0.173. The molecular formula is C15H14BrNO3. The molecule has 2 N–H and O–H groups in total. The zero-order chi connectivity index (χ0) is 13.9. The molecule has 0 fully saturated rings. The van der Waals surface area contributed by atoms with Gasteiger partial charge in [-0.2, -0.15) is 0 Å². The number of rotatable bonds is 4. The molecule has 5 heteroatoms. The lowest BCUT2D eigenvalue weighted by Gasteiger charge is -2.18. The van der Waals surface area contributed by atoms with E-state index in [9.17, 15) is 0 Å². The summed E-state index contributed by atoms with van der Waals surface area (Å²) < 4.78 is 17.6. The Labute approximate surface area is 125 Å². The molecule has 2 aromatic carbocycles. The number of benzene rings is 2. The molecule has 4 nitrogen and oxygen atoms in total. The standard InChI is InChI=1S/C15H14BrNO3/c16-11-3-1-2-10(6-11)15(8-17)20-12-4-5-13-14(7-12)19-9-18-13/h1-7,15H,8-9,17H2. The van der Waals surface area contributed by atoms with Crippen molar-refractivity contribution in [3.63, 3.8) is 0 Å². The molecule has 0 saturated heterocycles. The summed E-state index contributed by atoms with van der Waals surface area (Å²) in [6.07, 6.45) is -0.201. The number of hydrogen-bond donors (Lipinski definition) is 1. The monoisotopic (exact) mass is 335 g/mol. The van der Waals surface area contributed by atoms with Crippen LogP contribution in [0, 0.1) is 0 Å². The molecule has 0 aromatic heterocycles. The van der Waals surface area contributed by atoms with E-state index in [2.05, 4.69) is 15.9 Å². The number of halogens is 1. The molecule has 0 radical (unpaired) electrons. The van der Waals surface area contributed by atoms with Crippen molar-refractivity contribution in [3.8, 4) is 17.2 Å². The second-order valence-corrected chi connectivity index (χ2v) is 5.33. The first-order valence-corrected chi connectivity index (χ1v) is 7.07. The molecule has 3 rings (SSSR count). The van der Waals surface area contributed by atoms with Gasteiger partial charge in [0.15, 0.2) is 11.5 Å². The first-order chi connectivity index (χ1) is 9.76. The van der Waals surface area contributed by atoms with Gasteiger partial charge >= 0.3 is 0 Å². The van der Waals surface area contributed by atoms with Gasteiger partial charge in [-0.15, -0.1) is 0 Å². The zero-order valence-electron chi connectivity index (χ0n) is 10.7. The summed E-state index contributed by atoms with van der Waals surface area (Å²) in [5.41, 5.74) is 6.85. The summed E-state index contributed by atoms with van der Waals surface area (Å²) in [4.78, 5) is 0. The fraction of sp³-hybridized carbons (Fsp3) is 0.200. The quantitative estimate of drug-likeness (QED) is 0.931. The molecule has 0 bridgehead atoms. The average molecular weight is 336 g/mol. The van der Waals surface area contributed by atoms with Gasteiger partial charge in [-0.05, 0) is 29.8 Å². The Morgan fingerprint density at radius 1 is 1.15 bits per heavy atom. The maximum absolute atomic E-state index is 5.95. The van der Waals surface area contributed by atoms with Gasteiger partial charge in [-0.25, -0.2) is 0 Å². The van der Waals surface area contributed by atoms with E-state index in [0.29, 0.717) is 18.0 Å². The predicted octanol–water partition coefficient (Wildman–Crippen LogP) is 3.26. The van der Waals surface area contributed by atoms with Crippen molar-refractivity contribution >= 4 is 15.9 Å². The molecule has 104 valence electrons. The molecule has 1 aliphatic heterocycles. The molecule has 0 amide bonds. The third-order valence-corrected chi connectivity index (χ3v) is 3.55. The van der Waals surface area contributed by atoms with Crippen LogP contribution in [0.4, 0.5) is 0 Å². The average Bonchev–Trinajstić information content (AvgIpc) is 2.92. The largest absolute Gasteiger partial charge is 0.484 e. The van der Waals surface area contributed by atoms with Gasteiger partial charge in [0, 0.05) is 17.1 Å². The fourth-order valence-corrected chi connectivity index (χ4v) is 2.49. The minimum Gasteiger partial charge on any atom is -0.484 e. The van der Waals surface area contributed by atoms with E-state index >= 15 is 0 Å². The van der Waals surface area contributed by atoms with E-state index < -0.39 is 0 Å². The van der Waals surface area contributed by atoms with Gasteiger partial charge in [-0.1, -0.05) is 28.1 Å². The Hall–Kier alpha value is -1.72. The first-order valence-electron chi connectivity index (χ1n) is 6.28.